The van der Waals surface area contributed by atoms with Crippen molar-refractivity contribution in [2.45, 2.75) is 57.5 Å². The van der Waals surface area contributed by atoms with Gasteiger partial charge < -0.3 is 4.74 Å². The van der Waals surface area contributed by atoms with Crippen LogP contribution in [0.15, 0.2) is 48.3 Å². The molecule has 1 aromatic carbocycles. The van der Waals surface area contributed by atoms with Gasteiger partial charge in [-0.3, -0.25) is 9.59 Å². The van der Waals surface area contributed by atoms with Gasteiger partial charge in [-0.15, -0.1) is 0 Å². The predicted molar refractivity (Wildman–Crippen MR) is 109 cm³/mol. The highest BCUT2D eigenvalue weighted by Crippen LogP contribution is 2.30. The average Bonchev–Trinajstić information content (AvgIpc) is 3.16. The average molecular weight is 382 g/mol. The number of rotatable bonds is 9. The first-order valence-electron chi connectivity index (χ1n) is 10.1. The number of aldehydes is 1. The van der Waals surface area contributed by atoms with Crippen molar-refractivity contribution < 1.29 is 18.7 Å². The summed E-state index contributed by atoms with van der Waals surface area (Å²) in [5.74, 6) is 0.382. The van der Waals surface area contributed by atoms with E-state index >= 15 is 0 Å². The Kier molecular flexibility index (Phi) is 7.35. The molecule has 2 aliphatic rings. The van der Waals surface area contributed by atoms with E-state index in [1.165, 1.54) is 12.5 Å². The molecule has 0 atom stereocenters. The van der Waals surface area contributed by atoms with E-state index in [4.69, 9.17) is 4.74 Å². The van der Waals surface area contributed by atoms with Crippen molar-refractivity contribution in [3.05, 3.63) is 59.5 Å². The second-order valence-corrected chi connectivity index (χ2v) is 7.57. The number of allylic oxidation sites excluding steroid dienone is 5. The number of hydrogen-bond donors (Lipinski definition) is 0. The molecule has 0 unspecified atom stereocenters. The molecule has 0 N–H and O–H groups in total. The van der Waals surface area contributed by atoms with E-state index in [9.17, 15) is 14.0 Å². The Bertz CT molecular complexity index is 781. The number of ketones is 1. The van der Waals surface area contributed by atoms with E-state index in [2.05, 4.69) is 0 Å². The van der Waals surface area contributed by atoms with Crippen molar-refractivity contribution in [1.82, 2.24) is 0 Å². The maximum atomic E-state index is 13.9. The number of Topliss-reactive ketones (excluding diaryl/α,β-unsaturated/α-hetero) is 1. The molecular formula is C24H27FO3. The Balaban J connectivity index is 1.77. The van der Waals surface area contributed by atoms with Gasteiger partial charge in [-0.1, -0.05) is 36.8 Å². The molecule has 1 aromatic rings. The largest absolute Gasteiger partial charge is 0.490 e. The van der Waals surface area contributed by atoms with E-state index in [0.29, 0.717) is 18.0 Å². The molecule has 0 amide bonds. The number of halogens is 1. The lowest BCUT2D eigenvalue weighted by atomic mass is 9.85. The molecule has 0 saturated heterocycles. The highest BCUT2D eigenvalue weighted by molar-refractivity contribution is 6.25. The third-order valence-corrected chi connectivity index (χ3v) is 5.42. The SMILES string of the molecule is O=CC(=O)Cc1cccc(OC2CCCC2)c1/C=C/C=C\C(F)=C\C1CCC1. The fourth-order valence-electron chi connectivity index (χ4n) is 3.64. The minimum absolute atomic E-state index is 0.0324. The zero-order chi connectivity index (χ0) is 19.8. The quantitative estimate of drug-likeness (QED) is 0.320. The molecule has 3 nitrogen and oxygen atoms in total. The number of benzene rings is 1. The molecule has 0 aromatic heterocycles. The molecule has 3 rings (SSSR count). The first-order valence-corrected chi connectivity index (χ1v) is 10.1. The third-order valence-electron chi connectivity index (χ3n) is 5.42. The van der Waals surface area contributed by atoms with Gasteiger partial charge in [-0.2, -0.15) is 0 Å². The summed E-state index contributed by atoms with van der Waals surface area (Å²) in [5, 5.41) is 0. The maximum absolute atomic E-state index is 13.9. The van der Waals surface area contributed by atoms with Gasteiger partial charge in [0.2, 0.25) is 0 Å². The molecule has 28 heavy (non-hydrogen) atoms. The lowest BCUT2D eigenvalue weighted by molar-refractivity contribution is -0.129. The minimum Gasteiger partial charge on any atom is -0.490 e. The third kappa shape index (κ3) is 5.75. The van der Waals surface area contributed by atoms with E-state index < -0.39 is 5.78 Å². The second-order valence-electron chi connectivity index (χ2n) is 7.57. The summed E-state index contributed by atoms with van der Waals surface area (Å²) in [6.45, 7) is 0. The van der Waals surface area contributed by atoms with Gasteiger partial charge in [0.1, 0.15) is 11.6 Å². The van der Waals surface area contributed by atoms with Crippen molar-refractivity contribution in [2.24, 2.45) is 5.92 Å². The molecule has 2 fully saturated rings. The van der Waals surface area contributed by atoms with Gasteiger partial charge in [0.05, 0.1) is 6.10 Å². The smallest absolute Gasteiger partial charge is 0.199 e. The summed E-state index contributed by atoms with van der Waals surface area (Å²) in [7, 11) is 0. The molecular weight excluding hydrogens is 355 g/mol. The normalized spacial score (nSPS) is 18.7. The predicted octanol–water partition coefficient (Wildman–Crippen LogP) is 5.54. The van der Waals surface area contributed by atoms with Crippen LogP contribution in [0.25, 0.3) is 6.08 Å². The zero-order valence-corrected chi connectivity index (χ0v) is 16.1. The van der Waals surface area contributed by atoms with Crippen LogP contribution in [-0.2, 0) is 16.0 Å². The molecule has 4 heteroatoms. The summed E-state index contributed by atoms with van der Waals surface area (Å²) < 4.78 is 20.0. The van der Waals surface area contributed by atoms with Crippen molar-refractivity contribution in [3.8, 4) is 5.75 Å². The molecule has 148 valence electrons. The van der Waals surface area contributed by atoms with Crippen LogP contribution in [0.4, 0.5) is 4.39 Å². The van der Waals surface area contributed by atoms with Gasteiger partial charge in [0.15, 0.2) is 12.1 Å². The fraction of sp³-hybridized carbons (Fsp3) is 0.417. The van der Waals surface area contributed by atoms with Crippen molar-refractivity contribution >= 4 is 18.1 Å². The van der Waals surface area contributed by atoms with Crippen LogP contribution in [-0.4, -0.2) is 18.2 Å². The van der Waals surface area contributed by atoms with E-state index in [0.717, 1.165) is 49.7 Å². The summed E-state index contributed by atoms with van der Waals surface area (Å²) >= 11 is 0. The molecule has 0 aliphatic heterocycles. The Morgan fingerprint density at radius 1 is 1.11 bits per heavy atom. The Morgan fingerprint density at radius 2 is 1.89 bits per heavy atom. The Morgan fingerprint density at radius 3 is 2.57 bits per heavy atom. The molecule has 2 aliphatic carbocycles. The molecule has 0 radical (unpaired) electrons. The van der Waals surface area contributed by atoms with Gasteiger partial charge in [0, 0.05) is 12.0 Å². The van der Waals surface area contributed by atoms with Gasteiger partial charge in [0.25, 0.3) is 0 Å². The fourth-order valence-corrected chi connectivity index (χ4v) is 3.64. The van der Waals surface area contributed by atoms with Crippen LogP contribution < -0.4 is 4.74 Å². The topological polar surface area (TPSA) is 43.4 Å². The van der Waals surface area contributed by atoms with Crippen molar-refractivity contribution in [1.29, 1.82) is 0 Å². The number of carbonyl (C=O) groups is 2. The summed E-state index contributed by atoms with van der Waals surface area (Å²) in [6.07, 6.45) is 16.6. The number of carbonyl (C=O) groups excluding carboxylic acids is 2. The second kappa shape index (κ2) is 10.2. The van der Waals surface area contributed by atoms with Crippen molar-refractivity contribution in [3.63, 3.8) is 0 Å². The summed E-state index contributed by atoms with van der Waals surface area (Å²) in [6, 6.07) is 5.54. The minimum atomic E-state index is -0.474. The Labute approximate surface area is 166 Å². The standard InChI is InChI=1S/C24H27FO3/c25-20(15-18-7-5-8-18)10-1-4-13-23-19(16-21(27)17-26)9-6-14-24(23)28-22-11-2-3-12-22/h1,4,6,9-10,13-15,17-18,22H,2-3,5,7-8,11-12,16H2/b10-1-,13-4+,20-15-. The highest BCUT2D eigenvalue weighted by atomic mass is 19.1. The molecule has 0 spiro atoms. The Hall–Kier alpha value is -2.49. The van der Waals surface area contributed by atoms with Gasteiger partial charge in [-0.05, 0) is 68.2 Å². The van der Waals surface area contributed by atoms with E-state index in [-0.39, 0.29) is 18.4 Å². The monoisotopic (exact) mass is 382 g/mol. The van der Waals surface area contributed by atoms with Crippen molar-refractivity contribution in [2.75, 3.05) is 0 Å². The molecule has 2 saturated carbocycles. The van der Waals surface area contributed by atoms with E-state index in [1.54, 1.807) is 18.2 Å². The number of hydrogen-bond acceptors (Lipinski definition) is 3. The van der Waals surface area contributed by atoms with Gasteiger partial charge in [-0.25, -0.2) is 4.39 Å². The lowest BCUT2D eigenvalue weighted by Gasteiger charge is -2.21. The van der Waals surface area contributed by atoms with Crippen LogP contribution >= 0.6 is 0 Å². The lowest BCUT2D eigenvalue weighted by Crippen LogP contribution is -2.13. The summed E-state index contributed by atoms with van der Waals surface area (Å²) in [4.78, 5) is 22.4. The molecule has 0 bridgehead atoms. The summed E-state index contributed by atoms with van der Waals surface area (Å²) in [5.41, 5.74) is 1.51. The van der Waals surface area contributed by atoms with Gasteiger partial charge >= 0.3 is 0 Å². The molecule has 0 heterocycles. The van der Waals surface area contributed by atoms with Crippen LogP contribution in [0.3, 0.4) is 0 Å². The number of ether oxygens (including phenoxy) is 1. The van der Waals surface area contributed by atoms with Crippen LogP contribution in [0.1, 0.15) is 56.1 Å². The van der Waals surface area contributed by atoms with Crippen LogP contribution in [0.5, 0.6) is 5.75 Å². The van der Waals surface area contributed by atoms with Crippen LogP contribution in [0.2, 0.25) is 0 Å². The van der Waals surface area contributed by atoms with Crippen LogP contribution in [0, 0.1) is 5.92 Å². The van der Waals surface area contributed by atoms with E-state index in [1.807, 2.05) is 24.3 Å². The maximum Gasteiger partial charge on any atom is 0.199 e. The first kappa shape index (κ1) is 20.2. The highest BCUT2D eigenvalue weighted by Gasteiger charge is 2.19. The zero-order valence-electron chi connectivity index (χ0n) is 16.1. The first-order chi connectivity index (χ1) is 13.7.